The van der Waals surface area contributed by atoms with E-state index in [0.29, 0.717) is 28.8 Å². The van der Waals surface area contributed by atoms with Crippen molar-refractivity contribution in [3.8, 4) is 22.8 Å². The van der Waals surface area contributed by atoms with Crippen LogP contribution < -0.4 is 15.0 Å². The van der Waals surface area contributed by atoms with Gasteiger partial charge in [-0.25, -0.2) is 23.2 Å². The Morgan fingerprint density at radius 3 is 2.51 bits per heavy atom. The molecule has 2 heterocycles. The molecule has 234 valence electrons. The molecular weight excluding hydrogens is 615 g/mol. The van der Waals surface area contributed by atoms with E-state index in [4.69, 9.17) is 0 Å². The predicted molar refractivity (Wildman–Crippen MR) is 163 cm³/mol. The van der Waals surface area contributed by atoms with Crippen molar-refractivity contribution < 1.29 is 31.5 Å². The molecule has 0 aliphatic carbocycles. The summed E-state index contributed by atoms with van der Waals surface area (Å²) in [6.45, 7) is 4.53. The average molecular weight is 643 g/mol. The number of benzene rings is 3. The first-order valence-electron chi connectivity index (χ1n) is 13.8. The quantitative estimate of drug-likeness (QED) is 0.205. The highest BCUT2D eigenvalue weighted by atomic mass is 32.2. The van der Waals surface area contributed by atoms with Crippen LogP contribution in [0.25, 0.3) is 22.9 Å². The summed E-state index contributed by atoms with van der Waals surface area (Å²) in [7, 11) is 0. The summed E-state index contributed by atoms with van der Waals surface area (Å²) >= 11 is 1.40. The van der Waals surface area contributed by atoms with Crippen molar-refractivity contribution in [2.24, 2.45) is 4.99 Å². The van der Waals surface area contributed by atoms with Crippen molar-refractivity contribution in [3.05, 3.63) is 96.2 Å². The molecule has 1 saturated heterocycles. The molecule has 0 saturated carbocycles. The second-order valence-corrected chi connectivity index (χ2v) is 11.2. The van der Waals surface area contributed by atoms with Crippen molar-refractivity contribution >= 4 is 34.5 Å². The monoisotopic (exact) mass is 642 g/mol. The molecule has 14 heteroatoms. The number of aliphatic imine (C=N–C) groups is 1. The van der Waals surface area contributed by atoms with Crippen LogP contribution in [0.5, 0.6) is 5.75 Å². The third kappa shape index (κ3) is 8.06. The minimum absolute atomic E-state index is 0.0510. The van der Waals surface area contributed by atoms with Gasteiger partial charge in [0.25, 0.3) is 0 Å². The molecule has 0 spiro atoms. The third-order valence-electron chi connectivity index (χ3n) is 6.66. The summed E-state index contributed by atoms with van der Waals surface area (Å²) in [6, 6.07) is 15.1. The molecule has 1 aromatic heterocycles. The maximum absolute atomic E-state index is 14.9. The SMILES string of the molecule is CC(C)c1cc(F)ccc1N1CCCSC1=NC(=O)N/C=C(\F)c1ccc(-c2ncn(-c3ccc(OC(F)(F)F)cc3)n2)cc1. The molecule has 45 heavy (non-hydrogen) atoms. The summed E-state index contributed by atoms with van der Waals surface area (Å²) in [4.78, 5) is 22.9. The lowest BCUT2D eigenvalue weighted by molar-refractivity contribution is -0.274. The van der Waals surface area contributed by atoms with Crippen molar-refractivity contribution in [3.63, 3.8) is 0 Å². The predicted octanol–water partition coefficient (Wildman–Crippen LogP) is 8.07. The van der Waals surface area contributed by atoms with Gasteiger partial charge in [-0.1, -0.05) is 49.9 Å². The number of urea groups is 1. The van der Waals surface area contributed by atoms with E-state index in [1.54, 1.807) is 18.2 Å². The second kappa shape index (κ2) is 13.5. The Kier molecular flexibility index (Phi) is 9.51. The topological polar surface area (TPSA) is 84.6 Å². The molecule has 0 bridgehead atoms. The van der Waals surface area contributed by atoms with Gasteiger partial charge in [-0.05, 0) is 60.4 Å². The smallest absolute Gasteiger partial charge is 0.406 e. The van der Waals surface area contributed by atoms with Crippen LogP contribution in [0.3, 0.4) is 0 Å². The summed E-state index contributed by atoms with van der Waals surface area (Å²) in [5, 5.41) is 7.14. The molecule has 1 fully saturated rings. The Morgan fingerprint density at radius 2 is 1.82 bits per heavy atom. The number of anilines is 1. The number of carbonyl (C=O) groups excluding carboxylic acids is 1. The molecule has 2 amide bonds. The van der Waals surface area contributed by atoms with Crippen LogP contribution in [-0.2, 0) is 0 Å². The number of hydrogen-bond acceptors (Lipinski definition) is 5. The fourth-order valence-corrected chi connectivity index (χ4v) is 5.48. The van der Waals surface area contributed by atoms with E-state index in [9.17, 15) is 26.7 Å². The molecule has 1 aliphatic rings. The molecule has 1 N–H and O–H groups in total. The zero-order chi connectivity index (χ0) is 32.1. The minimum atomic E-state index is -4.79. The Labute approximate surface area is 259 Å². The highest BCUT2D eigenvalue weighted by Gasteiger charge is 2.31. The van der Waals surface area contributed by atoms with Gasteiger partial charge in [0.2, 0.25) is 0 Å². The first-order chi connectivity index (χ1) is 21.5. The van der Waals surface area contributed by atoms with Gasteiger partial charge >= 0.3 is 12.4 Å². The van der Waals surface area contributed by atoms with Gasteiger partial charge in [0.1, 0.15) is 23.7 Å². The molecule has 0 atom stereocenters. The molecule has 8 nitrogen and oxygen atoms in total. The first-order valence-corrected chi connectivity index (χ1v) is 14.8. The van der Waals surface area contributed by atoms with E-state index in [0.717, 1.165) is 41.8 Å². The fraction of sp³-hybridized carbons (Fsp3) is 0.226. The van der Waals surface area contributed by atoms with Crippen molar-refractivity contribution in [1.29, 1.82) is 0 Å². The maximum atomic E-state index is 14.9. The highest BCUT2D eigenvalue weighted by Crippen LogP contribution is 2.33. The van der Waals surface area contributed by atoms with E-state index in [-0.39, 0.29) is 23.0 Å². The number of thioether (sulfide) groups is 1. The number of alkyl halides is 3. The number of halogens is 5. The van der Waals surface area contributed by atoms with Crippen LogP contribution in [0, 0.1) is 5.82 Å². The first kappa shape index (κ1) is 31.7. The Hall–Kier alpha value is -4.72. The summed E-state index contributed by atoms with van der Waals surface area (Å²) in [6.07, 6.45) is -1.61. The number of aromatic nitrogens is 3. The Balaban J connectivity index is 1.24. The highest BCUT2D eigenvalue weighted by molar-refractivity contribution is 8.14. The van der Waals surface area contributed by atoms with E-state index in [1.807, 2.05) is 18.7 Å². The van der Waals surface area contributed by atoms with Gasteiger partial charge in [0.05, 0.1) is 5.69 Å². The van der Waals surface area contributed by atoms with E-state index < -0.39 is 18.2 Å². The summed E-state index contributed by atoms with van der Waals surface area (Å²) in [5.41, 5.74) is 2.79. The number of nitrogens with one attached hydrogen (secondary N) is 1. The standard InChI is InChI=1S/C31H27F5N6O2S/c1-19(2)25-16-22(32)8-13-27(25)41-14-3-15-45-30(41)39-29(43)37-17-26(33)20-4-6-21(7-5-20)28-38-18-42(40-28)23-9-11-24(12-10-23)44-31(34,35)36/h4-13,16-19H,3,14-15H2,1-2H3,(H,37,43)/b26-17-,39-30?. The van der Waals surface area contributed by atoms with Crippen LogP contribution in [0.2, 0.25) is 0 Å². The lowest BCUT2D eigenvalue weighted by atomic mass is 10.00. The fourth-order valence-electron chi connectivity index (χ4n) is 4.54. The summed E-state index contributed by atoms with van der Waals surface area (Å²) in [5.74, 6) is -0.287. The second-order valence-electron chi connectivity index (χ2n) is 10.2. The van der Waals surface area contributed by atoms with Gasteiger partial charge in [-0.15, -0.1) is 18.3 Å². The van der Waals surface area contributed by atoms with Crippen molar-refractivity contribution in [2.45, 2.75) is 32.5 Å². The zero-order valence-electron chi connectivity index (χ0n) is 24.1. The third-order valence-corrected chi connectivity index (χ3v) is 7.72. The van der Waals surface area contributed by atoms with Gasteiger partial charge in [-0.3, -0.25) is 0 Å². The number of nitrogens with zero attached hydrogens (tertiary/aromatic N) is 5. The van der Waals surface area contributed by atoms with E-state index >= 15 is 0 Å². The normalized spacial score (nSPS) is 15.1. The van der Waals surface area contributed by atoms with Gasteiger partial charge in [0, 0.05) is 35.3 Å². The molecule has 4 aromatic rings. The van der Waals surface area contributed by atoms with Gasteiger partial charge < -0.3 is 15.0 Å². The number of hydrogen-bond donors (Lipinski definition) is 1. The molecule has 1 aliphatic heterocycles. The zero-order valence-corrected chi connectivity index (χ0v) is 24.9. The van der Waals surface area contributed by atoms with Crippen LogP contribution in [0.1, 0.15) is 37.3 Å². The number of rotatable bonds is 7. The Morgan fingerprint density at radius 1 is 1.09 bits per heavy atom. The van der Waals surface area contributed by atoms with Crippen molar-refractivity contribution in [2.75, 3.05) is 17.2 Å². The molecule has 0 unspecified atom stereocenters. The summed E-state index contributed by atoms with van der Waals surface area (Å²) < 4.78 is 71.3. The average Bonchev–Trinajstić information content (AvgIpc) is 3.50. The van der Waals surface area contributed by atoms with Crippen LogP contribution in [0.4, 0.5) is 32.4 Å². The molecular formula is C31H27F5N6O2S. The number of ether oxygens (including phenoxy) is 1. The molecule has 5 rings (SSSR count). The molecule has 3 aromatic carbocycles. The van der Waals surface area contributed by atoms with E-state index in [2.05, 4.69) is 25.1 Å². The van der Waals surface area contributed by atoms with Crippen LogP contribution in [-0.4, -0.2) is 44.6 Å². The maximum Gasteiger partial charge on any atom is 0.573 e. The number of carbonyl (C=O) groups is 1. The Bertz CT molecular complexity index is 1720. The number of amidine groups is 1. The van der Waals surface area contributed by atoms with Crippen LogP contribution in [0.15, 0.2) is 84.2 Å². The largest absolute Gasteiger partial charge is 0.573 e. The lowest BCUT2D eigenvalue weighted by Gasteiger charge is -2.31. The van der Waals surface area contributed by atoms with Crippen LogP contribution >= 0.6 is 11.8 Å². The lowest BCUT2D eigenvalue weighted by Crippen LogP contribution is -2.36. The van der Waals surface area contributed by atoms with Gasteiger partial charge in [0.15, 0.2) is 11.0 Å². The van der Waals surface area contributed by atoms with E-state index in [1.165, 1.54) is 59.2 Å². The van der Waals surface area contributed by atoms with Gasteiger partial charge in [-0.2, -0.15) is 4.99 Å². The number of amides is 2. The van der Waals surface area contributed by atoms with Crippen molar-refractivity contribution in [1.82, 2.24) is 20.1 Å². The minimum Gasteiger partial charge on any atom is -0.406 e. The molecule has 0 radical (unpaired) electrons.